The molecule has 1 rings (SSSR count). The number of amides is 2. The fourth-order valence-electron chi connectivity index (χ4n) is 2.17. The van der Waals surface area contributed by atoms with Crippen molar-refractivity contribution >= 4 is 12.0 Å². The lowest BCUT2D eigenvalue weighted by atomic mass is 10.1. The normalized spacial score (nSPS) is 18.6. The standard InChI is InChI=1S/C13H24N2O4/c1-19-11-7-9-15(10-11)13(18)14-8-5-3-2-4-6-12(16)17/h11H,2-10H2,1H3,(H,14,18)(H,16,17). The molecule has 1 saturated heterocycles. The zero-order valence-electron chi connectivity index (χ0n) is 11.6. The lowest BCUT2D eigenvalue weighted by molar-refractivity contribution is -0.137. The number of methoxy groups -OCH3 is 1. The number of carbonyl (C=O) groups excluding carboxylic acids is 1. The van der Waals surface area contributed by atoms with Crippen LogP contribution in [-0.2, 0) is 9.53 Å². The van der Waals surface area contributed by atoms with Gasteiger partial charge in [0.05, 0.1) is 6.10 Å². The Labute approximate surface area is 114 Å². The number of ether oxygens (including phenoxy) is 1. The number of likely N-dealkylation sites (tertiary alicyclic amines) is 1. The van der Waals surface area contributed by atoms with Gasteiger partial charge in [0.25, 0.3) is 0 Å². The van der Waals surface area contributed by atoms with Gasteiger partial charge in [0.15, 0.2) is 0 Å². The highest BCUT2D eigenvalue weighted by molar-refractivity contribution is 5.74. The van der Waals surface area contributed by atoms with Crippen LogP contribution in [0.3, 0.4) is 0 Å². The summed E-state index contributed by atoms with van der Waals surface area (Å²) in [6, 6.07) is -0.0231. The highest BCUT2D eigenvalue weighted by Gasteiger charge is 2.25. The third-order valence-electron chi connectivity index (χ3n) is 3.36. The van der Waals surface area contributed by atoms with E-state index in [9.17, 15) is 9.59 Å². The predicted molar refractivity (Wildman–Crippen MR) is 71.1 cm³/mol. The second-order valence-corrected chi connectivity index (χ2v) is 4.88. The molecule has 1 fully saturated rings. The first-order chi connectivity index (χ1) is 9.13. The molecule has 1 aliphatic rings. The molecule has 1 atom stereocenters. The van der Waals surface area contributed by atoms with Crippen molar-refractivity contribution in [2.75, 3.05) is 26.7 Å². The van der Waals surface area contributed by atoms with Crippen LogP contribution >= 0.6 is 0 Å². The molecule has 0 saturated carbocycles. The first-order valence-corrected chi connectivity index (χ1v) is 6.91. The lowest BCUT2D eigenvalue weighted by Gasteiger charge is -2.16. The molecular weight excluding hydrogens is 248 g/mol. The predicted octanol–water partition coefficient (Wildman–Crippen LogP) is 1.45. The van der Waals surface area contributed by atoms with Gasteiger partial charge in [-0.05, 0) is 19.3 Å². The van der Waals surface area contributed by atoms with E-state index < -0.39 is 5.97 Å². The maximum absolute atomic E-state index is 11.8. The van der Waals surface area contributed by atoms with E-state index in [-0.39, 0.29) is 18.6 Å². The summed E-state index contributed by atoms with van der Waals surface area (Å²) >= 11 is 0. The van der Waals surface area contributed by atoms with E-state index >= 15 is 0 Å². The Balaban J connectivity index is 1.97. The Hall–Kier alpha value is -1.30. The SMILES string of the molecule is COC1CCN(C(=O)NCCCCCCC(=O)O)C1. The van der Waals surface area contributed by atoms with Crippen molar-refractivity contribution in [1.82, 2.24) is 10.2 Å². The van der Waals surface area contributed by atoms with Gasteiger partial charge in [-0.2, -0.15) is 0 Å². The van der Waals surface area contributed by atoms with Gasteiger partial charge in [0.2, 0.25) is 0 Å². The number of rotatable bonds is 8. The number of carboxylic acids is 1. The topological polar surface area (TPSA) is 78.9 Å². The molecule has 1 unspecified atom stereocenters. The maximum atomic E-state index is 11.8. The number of unbranched alkanes of at least 4 members (excludes halogenated alkanes) is 3. The summed E-state index contributed by atoms with van der Waals surface area (Å²) in [5.74, 6) is -0.741. The summed E-state index contributed by atoms with van der Waals surface area (Å²) < 4.78 is 5.21. The van der Waals surface area contributed by atoms with Crippen molar-refractivity contribution in [2.45, 2.75) is 44.6 Å². The summed E-state index contributed by atoms with van der Waals surface area (Å²) in [5.41, 5.74) is 0. The van der Waals surface area contributed by atoms with Gasteiger partial charge in [0, 0.05) is 33.2 Å². The number of carbonyl (C=O) groups is 2. The number of carboxylic acid groups (broad SMARTS) is 1. The van der Waals surface area contributed by atoms with Crippen LogP contribution in [0.25, 0.3) is 0 Å². The van der Waals surface area contributed by atoms with Crippen LogP contribution < -0.4 is 5.32 Å². The van der Waals surface area contributed by atoms with Gasteiger partial charge in [-0.1, -0.05) is 12.8 Å². The number of hydrogen-bond acceptors (Lipinski definition) is 3. The average molecular weight is 272 g/mol. The molecule has 2 N–H and O–H groups in total. The van der Waals surface area contributed by atoms with Crippen molar-refractivity contribution < 1.29 is 19.4 Å². The van der Waals surface area contributed by atoms with Gasteiger partial charge in [0.1, 0.15) is 0 Å². The molecule has 110 valence electrons. The van der Waals surface area contributed by atoms with Gasteiger partial charge >= 0.3 is 12.0 Å². The zero-order valence-corrected chi connectivity index (χ0v) is 11.6. The molecule has 0 aromatic rings. The molecule has 19 heavy (non-hydrogen) atoms. The van der Waals surface area contributed by atoms with Gasteiger partial charge in [-0.3, -0.25) is 4.79 Å². The summed E-state index contributed by atoms with van der Waals surface area (Å²) in [6.45, 7) is 2.07. The summed E-state index contributed by atoms with van der Waals surface area (Å²) in [5, 5.41) is 11.4. The Morgan fingerprint density at radius 1 is 1.32 bits per heavy atom. The van der Waals surface area contributed by atoms with Gasteiger partial charge < -0.3 is 20.1 Å². The van der Waals surface area contributed by atoms with Crippen molar-refractivity contribution in [1.29, 1.82) is 0 Å². The minimum Gasteiger partial charge on any atom is -0.481 e. The molecule has 0 aliphatic carbocycles. The monoisotopic (exact) mass is 272 g/mol. The minimum atomic E-state index is -0.741. The number of aliphatic carboxylic acids is 1. The Kier molecular flexibility index (Phi) is 7.25. The van der Waals surface area contributed by atoms with Crippen LogP contribution in [-0.4, -0.2) is 54.9 Å². The summed E-state index contributed by atoms with van der Waals surface area (Å²) in [6.07, 6.45) is 4.77. The number of hydrogen-bond donors (Lipinski definition) is 2. The highest BCUT2D eigenvalue weighted by Crippen LogP contribution is 2.11. The molecule has 6 heteroatoms. The van der Waals surface area contributed by atoms with E-state index in [4.69, 9.17) is 9.84 Å². The molecule has 0 spiro atoms. The fourth-order valence-corrected chi connectivity index (χ4v) is 2.17. The van der Waals surface area contributed by atoms with Gasteiger partial charge in [-0.15, -0.1) is 0 Å². The smallest absolute Gasteiger partial charge is 0.317 e. The molecule has 1 heterocycles. The van der Waals surface area contributed by atoms with E-state index in [1.807, 2.05) is 0 Å². The first kappa shape index (κ1) is 15.8. The molecule has 1 aliphatic heterocycles. The number of nitrogens with one attached hydrogen (secondary N) is 1. The molecule has 0 aromatic carbocycles. The number of nitrogens with zero attached hydrogens (tertiary/aromatic N) is 1. The van der Waals surface area contributed by atoms with Crippen LogP contribution in [0.2, 0.25) is 0 Å². The van der Waals surface area contributed by atoms with Crippen LogP contribution in [0.15, 0.2) is 0 Å². The van der Waals surface area contributed by atoms with Crippen LogP contribution in [0.1, 0.15) is 38.5 Å². The Bertz CT molecular complexity index is 296. The second kappa shape index (κ2) is 8.74. The first-order valence-electron chi connectivity index (χ1n) is 6.91. The summed E-state index contributed by atoms with van der Waals surface area (Å²) in [7, 11) is 1.67. The molecule has 0 radical (unpaired) electrons. The number of urea groups is 1. The third kappa shape index (κ3) is 6.42. The zero-order chi connectivity index (χ0) is 14.1. The van der Waals surface area contributed by atoms with E-state index in [0.717, 1.165) is 32.2 Å². The average Bonchev–Trinajstić information content (AvgIpc) is 2.85. The van der Waals surface area contributed by atoms with Crippen molar-refractivity contribution in [3.05, 3.63) is 0 Å². The third-order valence-corrected chi connectivity index (χ3v) is 3.36. The van der Waals surface area contributed by atoms with Crippen molar-refractivity contribution in [2.24, 2.45) is 0 Å². The fraction of sp³-hybridized carbons (Fsp3) is 0.846. The minimum absolute atomic E-state index is 0.0231. The van der Waals surface area contributed by atoms with E-state index in [1.54, 1.807) is 12.0 Å². The lowest BCUT2D eigenvalue weighted by Crippen LogP contribution is -2.39. The van der Waals surface area contributed by atoms with Crippen LogP contribution in [0.4, 0.5) is 4.79 Å². The highest BCUT2D eigenvalue weighted by atomic mass is 16.5. The Morgan fingerprint density at radius 2 is 2.05 bits per heavy atom. The van der Waals surface area contributed by atoms with E-state index in [1.165, 1.54) is 0 Å². The summed E-state index contributed by atoms with van der Waals surface area (Å²) in [4.78, 5) is 23.8. The molecule has 0 bridgehead atoms. The Morgan fingerprint density at radius 3 is 2.68 bits per heavy atom. The maximum Gasteiger partial charge on any atom is 0.317 e. The van der Waals surface area contributed by atoms with Crippen LogP contribution in [0.5, 0.6) is 0 Å². The van der Waals surface area contributed by atoms with E-state index in [0.29, 0.717) is 19.5 Å². The van der Waals surface area contributed by atoms with Crippen LogP contribution in [0, 0.1) is 0 Å². The molecule has 2 amide bonds. The van der Waals surface area contributed by atoms with Gasteiger partial charge in [-0.25, -0.2) is 4.79 Å². The largest absolute Gasteiger partial charge is 0.481 e. The van der Waals surface area contributed by atoms with Crippen molar-refractivity contribution in [3.8, 4) is 0 Å². The quantitative estimate of drug-likeness (QED) is 0.655. The molecule has 6 nitrogen and oxygen atoms in total. The molecule has 0 aromatic heterocycles. The van der Waals surface area contributed by atoms with Crippen molar-refractivity contribution in [3.63, 3.8) is 0 Å². The van der Waals surface area contributed by atoms with E-state index in [2.05, 4.69) is 5.32 Å². The second-order valence-electron chi connectivity index (χ2n) is 4.88. The molecular formula is C13H24N2O4.